The van der Waals surface area contributed by atoms with Gasteiger partial charge in [0, 0.05) is 21.8 Å². The fraction of sp³-hybridized carbons (Fsp3) is 0.121. The summed E-state index contributed by atoms with van der Waals surface area (Å²) in [6, 6.07) is 31.2. The molecule has 4 aromatic rings. The molecule has 1 atom stereocenters. The Labute approximate surface area is 238 Å². The number of nitrogens with one attached hydrogen (secondary N) is 3. The molecule has 0 radical (unpaired) electrons. The molecule has 0 aliphatic heterocycles. The molecule has 4 rings (SSSR count). The van der Waals surface area contributed by atoms with E-state index < -0.39 is 5.91 Å². The molecule has 6 nitrogen and oxygen atoms in total. The minimum Gasteiger partial charge on any atom is -0.325 e. The first kappa shape index (κ1) is 28.4. The van der Waals surface area contributed by atoms with Crippen LogP contribution in [0.3, 0.4) is 0 Å². The highest BCUT2D eigenvalue weighted by atomic mass is 32.2. The van der Waals surface area contributed by atoms with Crippen LogP contribution < -0.4 is 16.0 Å². The van der Waals surface area contributed by atoms with Gasteiger partial charge in [0.25, 0.3) is 11.8 Å². The molecule has 7 heteroatoms. The van der Waals surface area contributed by atoms with E-state index in [2.05, 4.69) is 16.0 Å². The van der Waals surface area contributed by atoms with Crippen molar-refractivity contribution in [3.63, 3.8) is 0 Å². The second-order valence-corrected chi connectivity index (χ2v) is 10.7. The Kier molecular flexibility index (Phi) is 9.54. The first-order valence-electron chi connectivity index (χ1n) is 12.9. The molecule has 0 spiro atoms. The molecule has 3 N–H and O–H groups in total. The first-order valence-corrected chi connectivity index (χ1v) is 13.8. The lowest BCUT2D eigenvalue weighted by molar-refractivity contribution is -0.115. The Balaban J connectivity index is 1.41. The lowest BCUT2D eigenvalue weighted by Gasteiger charge is -2.15. The summed E-state index contributed by atoms with van der Waals surface area (Å²) in [5.41, 5.74) is 4.88. The Morgan fingerprint density at radius 2 is 1.43 bits per heavy atom. The van der Waals surface area contributed by atoms with Gasteiger partial charge in [0.05, 0.1) is 5.25 Å². The fourth-order valence-corrected chi connectivity index (χ4v) is 4.79. The van der Waals surface area contributed by atoms with Gasteiger partial charge in [0.1, 0.15) is 5.70 Å². The van der Waals surface area contributed by atoms with Gasteiger partial charge >= 0.3 is 0 Å². The van der Waals surface area contributed by atoms with Gasteiger partial charge in [-0.05, 0) is 80.4 Å². The van der Waals surface area contributed by atoms with Crippen LogP contribution in [-0.4, -0.2) is 23.0 Å². The predicted molar refractivity (Wildman–Crippen MR) is 163 cm³/mol. The van der Waals surface area contributed by atoms with Gasteiger partial charge in [-0.15, -0.1) is 11.8 Å². The number of hydrogen-bond acceptors (Lipinski definition) is 4. The van der Waals surface area contributed by atoms with Crippen molar-refractivity contribution in [3.8, 4) is 0 Å². The highest BCUT2D eigenvalue weighted by molar-refractivity contribution is 8.00. The molecule has 0 aliphatic carbocycles. The second-order valence-electron chi connectivity index (χ2n) is 9.34. The Hall–Kier alpha value is -4.62. The maximum absolute atomic E-state index is 13.2. The number of carbonyl (C=O) groups is 3. The molecule has 0 saturated carbocycles. The van der Waals surface area contributed by atoms with Gasteiger partial charge in [-0.1, -0.05) is 66.2 Å². The lowest BCUT2D eigenvalue weighted by atomic mass is 10.1. The van der Waals surface area contributed by atoms with Crippen molar-refractivity contribution in [3.05, 3.63) is 131 Å². The summed E-state index contributed by atoms with van der Waals surface area (Å²) < 4.78 is 0. The summed E-state index contributed by atoms with van der Waals surface area (Å²) >= 11 is 1.43. The van der Waals surface area contributed by atoms with Gasteiger partial charge in [0.2, 0.25) is 5.91 Å². The van der Waals surface area contributed by atoms with E-state index in [9.17, 15) is 14.4 Å². The van der Waals surface area contributed by atoms with Crippen molar-refractivity contribution in [2.45, 2.75) is 30.9 Å². The van der Waals surface area contributed by atoms with E-state index in [0.717, 1.165) is 27.3 Å². The SMILES string of the molecule is Cc1ccc(NC(=O)C(C)Sc2ccc(NC(=O)/C(=C/c3ccccc3)NC(=O)c3ccccc3)cc2)c(C)c1. The van der Waals surface area contributed by atoms with E-state index in [4.69, 9.17) is 0 Å². The van der Waals surface area contributed by atoms with Crippen LogP contribution in [0.5, 0.6) is 0 Å². The van der Waals surface area contributed by atoms with Gasteiger partial charge < -0.3 is 16.0 Å². The zero-order valence-corrected chi connectivity index (χ0v) is 23.4. The molecule has 1 unspecified atom stereocenters. The third-order valence-corrected chi connectivity index (χ3v) is 7.19. The summed E-state index contributed by atoms with van der Waals surface area (Å²) in [5.74, 6) is -0.910. The Bertz CT molecular complexity index is 1520. The number of carbonyl (C=O) groups excluding carboxylic acids is 3. The average Bonchev–Trinajstić information content (AvgIpc) is 2.96. The van der Waals surface area contributed by atoms with Crippen LogP contribution in [0.2, 0.25) is 0 Å². The average molecular weight is 550 g/mol. The second kappa shape index (κ2) is 13.4. The molecule has 202 valence electrons. The van der Waals surface area contributed by atoms with Crippen LogP contribution in [0.15, 0.2) is 114 Å². The number of rotatable bonds is 9. The third-order valence-electron chi connectivity index (χ3n) is 6.07. The topological polar surface area (TPSA) is 87.3 Å². The summed E-state index contributed by atoms with van der Waals surface area (Å²) in [5, 5.41) is 8.27. The van der Waals surface area contributed by atoms with Crippen LogP contribution >= 0.6 is 11.8 Å². The van der Waals surface area contributed by atoms with Crippen molar-refractivity contribution in [2.24, 2.45) is 0 Å². The van der Waals surface area contributed by atoms with Crippen LogP contribution in [0.1, 0.15) is 34.0 Å². The van der Waals surface area contributed by atoms with Gasteiger partial charge in [-0.25, -0.2) is 0 Å². The summed E-state index contributed by atoms with van der Waals surface area (Å²) in [7, 11) is 0. The van der Waals surface area contributed by atoms with Crippen molar-refractivity contribution in [1.82, 2.24) is 5.32 Å². The molecular weight excluding hydrogens is 518 g/mol. The molecule has 0 saturated heterocycles. The maximum Gasteiger partial charge on any atom is 0.272 e. The Morgan fingerprint density at radius 1 is 0.775 bits per heavy atom. The number of thioether (sulfide) groups is 1. The molecule has 0 aliphatic rings. The summed E-state index contributed by atoms with van der Waals surface area (Å²) in [6.45, 7) is 5.85. The number of hydrogen-bond donors (Lipinski definition) is 3. The number of amides is 3. The minimum absolute atomic E-state index is 0.0841. The molecule has 0 aromatic heterocycles. The van der Waals surface area contributed by atoms with Crippen LogP contribution in [-0.2, 0) is 9.59 Å². The maximum atomic E-state index is 13.2. The lowest BCUT2D eigenvalue weighted by Crippen LogP contribution is -2.30. The molecule has 4 aromatic carbocycles. The normalized spacial score (nSPS) is 11.8. The summed E-state index contributed by atoms with van der Waals surface area (Å²) in [6.07, 6.45) is 1.64. The van der Waals surface area contributed by atoms with E-state index in [1.165, 1.54) is 11.8 Å². The highest BCUT2D eigenvalue weighted by Crippen LogP contribution is 2.26. The van der Waals surface area contributed by atoms with Crippen molar-refractivity contribution >= 4 is 46.9 Å². The monoisotopic (exact) mass is 549 g/mol. The van der Waals surface area contributed by atoms with E-state index >= 15 is 0 Å². The zero-order chi connectivity index (χ0) is 28.5. The molecule has 0 bridgehead atoms. The number of benzene rings is 4. The molecular formula is C33H31N3O3S. The standard InChI is InChI=1S/C33H31N3O3S/c1-22-14-19-29(23(2)20-22)35-31(37)24(3)40-28-17-15-27(16-18-28)34-33(39)30(21-25-10-6-4-7-11-25)36-32(38)26-12-8-5-9-13-26/h4-21,24H,1-3H3,(H,34,39)(H,35,37)(H,36,38)/b30-21-. The van der Waals surface area contributed by atoms with E-state index in [1.807, 2.05) is 87.5 Å². The number of aryl methyl sites for hydroxylation is 2. The van der Waals surface area contributed by atoms with Crippen molar-refractivity contribution in [1.29, 1.82) is 0 Å². The largest absolute Gasteiger partial charge is 0.325 e. The van der Waals surface area contributed by atoms with E-state index in [1.54, 1.807) is 42.5 Å². The number of anilines is 2. The van der Waals surface area contributed by atoms with Crippen molar-refractivity contribution in [2.75, 3.05) is 10.6 Å². The van der Waals surface area contributed by atoms with Gasteiger partial charge in [0.15, 0.2) is 0 Å². The quantitative estimate of drug-likeness (QED) is 0.158. The molecule has 40 heavy (non-hydrogen) atoms. The van der Waals surface area contributed by atoms with Crippen LogP contribution in [0.4, 0.5) is 11.4 Å². The van der Waals surface area contributed by atoms with E-state index in [0.29, 0.717) is 11.3 Å². The van der Waals surface area contributed by atoms with Crippen LogP contribution in [0.25, 0.3) is 6.08 Å². The molecule has 3 amide bonds. The first-order chi connectivity index (χ1) is 19.3. The third kappa shape index (κ3) is 7.94. The van der Waals surface area contributed by atoms with Crippen LogP contribution in [0, 0.1) is 13.8 Å². The van der Waals surface area contributed by atoms with Crippen molar-refractivity contribution < 1.29 is 14.4 Å². The van der Waals surface area contributed by atoms with Gasteiger partial charge in [-0.3, -0.25) is 14.4 Å². The summed E-state index contributed by atoms with van der Waals surface area (Å²) in [4.78, 5) is 39.6. The minimum atomic E-state index is -0.449. The Morgan fingerprint density at radius 3 is 2.08 bits per heavy atom. The molecule has 0 fully saturated rings. The van der Waals surface area contributed by atoms with E-state index in [-0.39, 0.29) is 22.8 Å². The highest BCUT2D eigenvalue weighted by Gasteiger charge is 2.17. The predicted octanol–water partition coefficient (Wildman–Crippen LogP) is 6.83. The smallest absolute Gasteiger partial charge is 0.272 e. The molecule has 0 heterocycles. The fourth-order valence-electron chi connectivity index (χ4n) is 3.92. The zero-order valence-electron chi connectivity index (χ0n) is 22.6. The van der Waals surface area contributed by atoms with Gasteiger partial charge in [-0.2, -0.15) is 0 Å².